The third-order valence-electron chi connectivity index (χ3n) is 5.85. The Morgan fingerprint density at radius 2 is 2.06 bits per heavy atom. The Kier molecular flexibility index (Phi) is 4.21. The van der Waals surface area contributed by atoms with Gasteiger partial charge in [-0.3, -0.25) is 19.9 Å². The highest BCUT2D eigenvalue weighted by atomic mass is 16.5. The van der Waals surface area contributed by atoms with Crippen molar-refractivity contribution in [1.82, 2.24) is 20.5 Å². The summed E-state index contributed by atoms with van der Waals surface area (Å²) in [6, 6.07) is 8.09. The first-order chi connectivity index (χ1) is 14.9. The van der Waals surface area contributed by atoms with E-state index >= 15 is 0 Å². The molecule has 3 aromatic rings. The molecule has 0 radical (unpaired) electrons. The second kappa shape index (κ2) is 6.83. The van der Waals surface area contributed by atoms with Crippen molar-refractivity contribution in [3.8, 4) is 5.75 Å². The number of amides is 4. The van der Waals surface area contributed by atoms with Crippen LogP contribution in [0.2, 0.25) is 0 Å². The van der Waals surface area contributed by atoms with Crippen LogP contribution in [0.1, 0.15) is 34.3 Å². The Morgan fingerprint density at radius 3 is 2.77 bits per heavy atom. The number of urea groups is 1. The van der Waals surface area contributed by atoms with Gasteiger partial charge in [0.2, 0.25) is 0 Å². The average Bonchev–Trinajstić information content (AvgIpc) is 3.42. The molecule has 1 aromatic carbocycles. The molecule has 1 atom stereocenters. The number of rotatable bonds is 5. The number of carbonyl (C=O) groups excluding carboxylic acids is 3. The number of pyridine rings is 1. The van der Waals surface area contributed by atoms with E-state index in [9.17, 15) is 14.4 Å². The third kappa shape index (κ3) is 2.84. The van der Waals surface area contributed by atoms with Gasteiger partial charge in [-0.25, -0.2) is 4.79 Å². The second-order valence-electron chi connectivity index (χ2n) is 7.63. The maximum absolute atomic E-state index is 13.1. The van der Waals surface area contributed by atoms with Crippen molar-refractivity contribution in [2.24, 2.45) is 0 Å². The predicted molar refractivity (Wildman–Crippen MR) is 109 cm³/mol. The van der Waals surface area contributed by atoms with Crippen molar-refractivity contribution in [3.63, 3.8) is 0 Å². The van der Waals surface area contributed by atoms with Gasteiger partial charge in [0.25, 0.3) is 11.8 Å². The molecular formula is C22H20N4O5. The van der Waals surface area contributed by atoms with Gasteiger partial charge in [-0.2, -0.15) is 0 Å². The molecule has 1 saturated heterocycles. The normalized spacial score (nSPS) is 20.2. The molecule has 2 aliphatic rings. The number of fused-ring (bicyclic) bond motifs is 2. The van der Waals surface area contributed by atoms with Crippen LogP contribution in [0.4, 0.5) is 4.79 Å². The molecule has 0 bridgehead atoms. The van der Waals surface area contributed by atoms with Crippen LogP contribution < -0.4 is 15.4 Å². The largest absolute Gasteiger partial charge is 0.497 e. The number of aromatic nitrogens is 1. The molecule has 1 unspecified atom stereocenters. The van der Waals surface area contributed by atoms with E-state index in [2.05, 4.69) is 15.6 Å². The van der Waals surface area contributed by atoms with Crippen LogP contribution in [-0.4, -0.2) is 41.4 Å². The molecule has 9 nitrogen and oxygen atoms in total. The van der Waals surface area contributed by atoms with E-state index in [1.165, 1.54) is 12.0 Å². The van der Waals surface area contributed by atoms with Crippen molar-refractivity contribution in [3.05, 3.63) is 59.1 Å². The van der Waals surface area contributed by atoms with Crippen LogP contribution in [0.25, 0.3) is 11.0 Å². The molecule has 4 heterocycles. The minimum absolute atomic E-state index is 0.0743. The van der Waals surface area contributed by atoms with Gasteiger partial charge < -0.3 is 19.4 Å². The van der Waals surface area contributed by atoms with Crippen molar-refractivity contribution < 1.29 is 23.5 Å². The van der Waals surface area contributed by atoms with Gasteiger partial charge in [0.1, 0.15) is 17.1 Å². The number of nitrogens with zero attached hydrogens (tertiary/aromatic N) is 2. The maximum Gasteiger partial charge on any atom is 0.322 e. The first-order valence-corrected chi connectivity index (χ1v) is 9.93. The molecule has 0 saturated carbocycles. The summed E-state index contributed by atoms with van der Waals surface area (Å²) in [5.41, 5.74) is 1.19. The van der Waals surface area contributed by atoms with Gasteiger partial charge in [-0.15, -0.1) is 0 Å². The lowest BCUT2D eigenvalue weighted by Crippen LogP contribution is -2.52. The monoisotopic (exact) mass is 420 g/mol. The average molecular weight is 420 g/mol. The van der Waals surface area contributed by atoms with Gasteiger partial charge in [-0.05, 0) is 36.2 Å². The number of ether oxygens (including phenoxy) is 1. The number of imide groups is 1. The molecule has 2 aliphatic heterocycles. The summed E-state index contributed by atoms with van der Waals surface area (Å²) in [6.07, 6.45) is 2.33. The summed E-state index contributed by atoms with van der Waals surface area (Å²) in [5.74, 6) is 0.0282. The highest BCUT2D eigenvalue weighted by molar-refractivity contribution is 6.08. The first-order valence-electron chi connectivity index (χ1n) is 9.93. The van der Waals surface area contributed by atoms with E-state index in [1.54, 1.807) is 30.5 Å². The Morgan fingerprint density at radius 1 is 1.23 bits per heavy atom. The lowest BCUT2D eigenvalue weighted by molar-refractivity contribution is -0.125. The molecule has 31 heavy (non-hydrogen) atoms. The van der Waals surface area contributed by atoms with Crippen LogP contribution in [0, 0.1) is 0 Å². The molecule has 9 heteroatoms. The lowest BCUT2D eigenvalue weighted by Gasteiger charge is -2.29. The lowest BCUT2D eigenvalue weighted by atomic mass is 9.95. The number of hydrogen-bond acceptors (Lipinski definition) is 6. The molecular weight excluding hydrogens is 400 g/mol. The topological polar surface area (TPSA) is 114 Å². The third-order valence-corrected chi connectivity index (χ3v) is 5.85. The van der Waals surface area contributed by atoms with Crippen molar-refractivity contribution >= 4 is 28.8 Å². The Bertz CT molecular complexity index is 1250. The van der Waals surface area contributed by atoms with Gasteiger partial charge >= 0.3 is 6.03 Å². The van der Waals surface area contributed by atoms with E-state index in [-0.39, 0.29) is 18.2 Å². The van der Waals surface area contributed by atoms with Crippen molar-refractivity contribution in [1.29, 1.82) is 0 Å². The SMILES string of the molecule is CCc1nccc2oc(C3(CN4Cc5ccc(OC)cc5C4=O)NC(=O)NC3=O)cc12. The Labute approximate surface area is 177 Å². The van der Waals surface area contributed by atoms with Crippen LogP contribution in [-0.2, 0) is 23.3 Å². The number of nitrogens with one attached hydrogen (secondary N) is 2. The van der Waals surface area contributed by atoms with Gasteiger partial charge in [0.05, 0.1) is 19.3 Å². The van der Waals surface area contributed by atoms with Crippen LogP contribution in [0.5, 0.6) is 5.75 Å². The summed E-state index contributed by atoms with van der Waals surface area (Å²) in [7, 11) is 1.54. The standard InChI is InChI=1S/C22H20N4O5/c1-3-16-15-9-18(31-17(15)6-7-23-16)22(20(28)24-21(29)25-22)11-26-10-12-4-5-13(30-2)8-14(12)19(26)27/h4-9H,3,10-11H2,1-2H3,(H2,24,25,28,29). The number of aryl methyl sites for hydroxylation is 1. The summed E-state index contributed by atoms with van der Waals surface area (Å²) in [4.78, 5) is 44.1. The molecule has 2 aromatic heterocycles. The Hall–Kier alpha value is -3.88. The van der Waals surface area contributed by atoms with Crippen molar-refractivity contribution in [2.45, 2.75) is 25.4 Å². The molecule has 0 aliphatic carbocycles. The zero-order valence-corrected chi connectivity index (χ0v) is 17.0. The number of hydrogen-bond donors (Lipinski definition) is 2. The maximum atomic E-state index is 13.1. The number of carbonyl (C=O) groups is 3. The molecule has 158 valence electrons. The number of benzene rings is 1. The number of furan rings is 1. The fraction of sp³-hybridized carbons (Fsp3) is 0.273. The minimum atomic E-state index is -1.54. The zero-order chi connectivity index (χ0) is 21.8. The summed E-state index contributed by atoms with van der Waals surface area (Å²) >= 11 is 0. The molecule has 1 fully saturated rings. The summed E-state index contributed by atoms with van der Waals surface area (Å²) < 4.78 is 11.2. The van der Waals surface area contributed by atoms with E-state index in [0.29, 0.717) is 29.9 Å². The Balaban J connectivity index is 1.56. The van der Waals surface area contributed by atoms with Gasteiger partial charge in [0.15, 0.2) is 5.54 Å². The van der Waals surface area contributed by atoms with Crippen LogP contribution in [0.3, 0.4) is 0 Å². The first kappa shape index (κ1) is 19.1. The number of methoxy groups -OCH3 is 1. The molecule has 4 amide bonds. The quantitative estimate of drug-likeness (QED) is 0.611. The predicted octanol–water partition coefficient (Wildman–Crippen LogP) is 2.09. The zero-order valence-electron chi connectivity index (χ0n) is 17.0. The van der Waals surface area contributed by atoms with Crippen molar-refractivity contribution in [2.75, 3.05) is 13.7 Å². The fourth-order valence-electron chi connectivity index (χ4n) is 4.25. The van der Waals surface area contributed by atoms with E-state index in [4.69, 9.17) is 9.15 Å². The summed E-state index contributed by atoms with van der Waals surface area (Å²) in [6.45, 7) is 2.21. The van der Waals surface area contributed by atoms with Crippen LogP contribution >= 0.6 is 0 Å². The van der Waals surface area contributed by atoms with E-state index in [0.717, 1.165) is 16.6 Å². The van der Waals surface area contributed by atoms with E-state index in [1.807, 2.05) is 13.0 Å². The van der Waals surface area contributed by atoms with Gasteiger partial charge in [0, 0.05) is 23.7 Å². The fourth-order valence-corrected chi connectivity index (χ4v) is 4.25. The van der Waals surface area contributed by atoms with Crippen LogP contribution in [0.15, 0.2) is 40.9 Å². The molecule has 0 spiro atoms. The second-order valence-corrected chi connectivity index (χ2v) is 7.63. The minimum Gasteiger partial charge on any atom is -0.497 e. The summed E-state index contributed by atoms with van der Waals surface area (Å²) in [5, 5.41) is 5.75. The molecule has 2 N–H and O–H groups in total. The van der Waals surface area contributed by atoms with Gasteiger partial charge in [-0.1, -0.05) is 13.0 Å². The van der Waals surface area contributed by atoms with E-state index < -0.39 is 17.5 Å². The molecule has 5 rings (SSSR count). The highest BCUT2D eigenvalue weighted by Gasteiger charge is 2.53. The smallest absolute Gasteiger partial charge is 0.322 e. The highest BCUT2D eigenvalue weighted by Crippen LogP contribution is 2.35.